The Kier molecular flexibility index (Phi) is 3.24. The fourth-order valence-corrected chi connectivity index (χ4v) is 1.62. The molecule has 0 radical (unpaired) electrons. The van der Waals surface area contributed by atoms with E-state index in [1.165, 1.54) is 0 Å². The quantitative estimate of drug-likeness (QED) is 0.831. The highest BCUT2D eigenvalue weighted by molar-refractivity contribution is 5.69. The maximum atomic E-state index is 11.1. The van der Waals surface area contributed by atoms with Crippen LogP contribution in [0.25, 0.3) is 0 Å². The second kappa shape index (κ2) is 4.83. The van der Waals surface area contributed by atoms with E-state index in [9.17, 15) is 4.79 Å². The van der Waals surface area contributed by atoms with Crippen LogP contribution in [0.1, 0.15) is 5.56 Å². The minimum atomic E-state index is -0.218. The van der Waals surface area contributed by atoms with Crippen LogP contribution in [-0.2, 0) is 4.74 Å². The molecule has 5 heteroatoms. The third-order valence-electron chi connectivity index (χ3n) is 2.43. The van der Waals surface area contributed by atoms with E-state index >= 15 is 0 Å². The van der Waals surface area contributed by atoms with E-state index in [1.54, 1.807) is 11.1 Å². The zero-order valence-corrected chi connectivity index (χ0v) is 9.27. The molecule has 1 saturated heterocycles. The Morgan fingerprint density at radius 1 is 1.56 bits per heavy atom. The van der Waals surface area contributed by atoms with Crippen LogP contribution in [0, 0.1) is 6.92 Å². The van der Waals surface area contributed by atoms with Crippen molar-refractivity contribution < 1.29 is 9.53 Å². The Bertz CT molecular complexity index is 381. The summed E-state index contributed by atoms with van der Waals surface area (Å²) >= 11 is 0. The average molecular weight is 221 g/mol. The molecule has 0 bridgehead atoms. The summed E-state index contributed by atoms with van der Waals surface area (Å²) in [5.41, 5.74) is 2.10. The van der Waals surface area contributed by atoms with E-state index in [1.807, 2.05) is 19.2 Å². The molecule has 0 atom stereocenters. The zero-order valence-electron chi connectivity index (χ0n) is 9.27. The lowest BCUT2D eigenvalue weighted by Gasteiger charge is -2.13. The highest BCUT2D eigenvalue weighted by Gasteiger charge is 2.20. The number of aryl methyl sites for hydroxylation is 1. The number of nitrogens with one attached hydrogen (secondary N) is 1. The van der Waals surface area contributed by atoms with Crippen molar-refractivity contribution in [2.45, 2.75) is 6.92 Å². The molecule has 2 heterocycles. The van der Waals surface area contributed by atoms with Gasteiger partial charge in [0.2, 0.25) is 0 Å². The van der Waals surface area contributed by atoms with Gasteiger partial charge >= 0.3 is 6.09 Å². The van der Waals surface area contributed by atoms with Gasteiger partial charge in [0.05, 0.1) is 12.2 Å². The van der Waals surface area contributed by atoms with Crippen LogP contribution in [-0.4, -0.2) is 42.2 Å². The molecule has 1 aliphatic heterocycles. The van der Waals surface area contributed by atoms with Gasteiger partial charge in [-0.15, -0.1) is 0 Å². The van der Waals surface area contributed by atoms with Gasteiger partial charge in [0, 0.05) is 25.5 Å². The zero-order chi connectivity index (χ0) is 11.4. The summed E-state index contributed by atoms with van der Waals surface area (Å²) in [5, 5.41) is 3.22. The minimum Gasteiger partial charge on any atom is -0.448 e. The summed E-state index contributed by atoms with van der Waals surface area (Å²) in [6.45, 7) is 4.56. The molecule has 0 aliphatic carbocycles. The maximum Gasteiger partial charge on any atom is 0.409 e. The van der Waals surface area contributed by atoms with Gasteiger partial charge in [0.1, 0.15) is 6.61 Å². The van der Waals surface area contributed by atoms with Crippen molar-refractivity contribution in [1.82, 2.24) is 9.88 Å². The van der Waals surface area contributed by atoms with Gasteiger partial charge in [-0.2, -0.15) is 0 Å². The Labute approximate surface area is 94.4 Å². The lowest BCUT2D eigenvalue weighted by molar-refractivity contribution is 0.159. The Balaban J connectivity index is 1.77. The van der Waals surface area contributed by atoms with Crippen molar-refractivity contribution in [1.29, 1.82) is 0 Å². The summed E-state index contributed by atoms with van der Waals surface area (Å²) in [6, 6.07) is 2.02. The van der Waals surface area contributed by atoms with Gasteiger partial charge in [-0.3, -0.25) is 4.98 Å². The number of pyridine rings is 1. The summed E-state index contributed by atoms with van der Waals surface area (Å²) in [7, 11) is 0. The van der Waals surface area contributed by atoms with Crippen LogP contribution in [0.15, 0.2) is 18.5 Å². The van der Waals surface area contributed by atoms with Crippen LogP contribution in [0.4, 0.5) is 10.5 Å². The molecule has 2 rings (SSSR count). The normalized spacial score (nSPS) is 15.1. The number of cyclic esters (lactones) is 1. The second-order valence-corrected chi connectivity index (χ2v) is 3.78. The maximum absolute atomic E-state index is 11.1. The van der Waals surface area contributed by atoms with E-state index in [-0.39, 0.29) is 6.09 Å². The average Bonchev–Trinajstić information content (AvgIpc) is 2.65. The molecular formula is C11H15N3O2. The molecule has 0 unspecified atom stereocenters. The Hall–Kier alpha value is -1.78. The fourth-order valence-electron chi connectivity index (χ4n) is 1.62. The Morgan fingerprint density at radius 3 is 3.12 bits per heavy atom. The van der Waals surface area contributed by atoms with Gasteiger partial charge in [0.15, 0.2) is 0 Å². The molecule has 0 spiro atoms. The molecular weight excluding hydrogens is 206 g/mol. The number of hydrogen-bond acceptors (Lipinski definition) is 4. The fraction of sp³-hybridized carbons (Fsp3) is 0.455. The molecule has 1 fully saturated rings. The third-order valence-corrected chi connectivity index (χ3v) is 2.43. The van der Waals surface area contributed by atoms with Gasteiger partial charge in [-0.25, -0.2) is 4.79 Å². The molecule has 1 N–H and O–H groups in total. The van der Waals surface area contributed by atoms with Gasteiger partial charge < -0.3 is 15.0 Å². The number of carbonyl (C=O) groups excluding carboxylic acids is 1. The molecule has 1 aliphatic rings. The number of anilines is 1. The SMILES string of the molecule is Cc1cncc(NCCN2CCOC2=O)c1. The molecule has 1 aromatic heterocycles. The lowest BCUT2D eigenvalue weighted by atomic mass is 10.3. The van der Waals surface area contributed by atoms with E-state index in [2.05, 4.69) is 10.3 Å². The number of aromatic nitrogens is 1. The summed E-state index contributed by atoms with van der Waals surface area (Å²) in [6.07, 6.45) is 3.36. The second-order valence-electron chi connectivity index (χ2n) is 3.78. The monoisotopic (exact) mass is 221 g/mol. The first-order valence-corrected chi connectivity index (χ1v) is 5.33. The number of carbonyl (C=O) groups is 1. The van der Waals surface area contributed by atoms with Crippen LogP contribution in [0.5, 0.6) is 0 Å². The number of hydrogen-bond donors (Lipinski definition) is 1. The largest absolute Gasteiger partial charge is 0.448 e. The first-order valence-electron chi connectivity index (χ1n) is 5.33. The smallest absolute Gasteiger partial charge is 0.409 e. The van der Waals surface area contributed by atoms with E-state index in [0.717, 1.165) is 11.3 Å². The summed E-state index contributed by atoms with van der Waals surface area (Å²) in [5.74, 6) is 0. The molecule has 1 aromatic rings. The third kappa shape index (κ3) is 2.62. The van der Waals surface area contributed by atoms with Crippen molar-refractivity contribution in [3.63, 3.8) is 0 Å². The molecule has 1 amide bonds. The van der Waals surface area contributed by atoms with Gasteiger partial charge in [0.25, 0.3) is 0 Å². The van der Waals surface area contributed by atoms with Crippen molar-refractivity contribution in [3.05, 3.63) is 24.0 Å². The van der Waals surface area contributed by atoms with Crippen LogP contribution < -0.4 is 5.32 Å². The topological polar surface area (TPSA) is 54.5 Å². The van der Waals surface area contributed by atoms with Gasteiger partial charge in [-0.05, 0) is 18.6 Å². The molecule has 86 valence electrons. The first-order chi connectivity index (χ1) is 7.75. The molecule has 0 saturated carbocycles. The minimum absolute atomic E-state index is 0.218. The van der Waals surface area contributed by atoms with Crippen molar-refractivity contribution in [3.8, 4) is 0 Å². The standard InChI is InChI=1S/C11H15N3O2/c1-9-6-10(8-12-7-9)13-2-3-14-4-5-16-11(14)15/h6-8,13H,2-5H2,1H3. The van der Waals surface area contributed by atoms with Crippen LogP contribution >= 0.6 is 0 Å². The van der Waals surface area contributed by atoms with Crippen molar-refractivity contribution in [2.75, 3.05) is 31.6 Å². The van der Waals surface area contributed by atoms with E-state index in [4.69, 9.17) is 4.74 Å². The van der Waals surface area contributed by atoms with Crippen LogP contribution in [0.2, 0.25) is 0 Å². The summed E-state index contributed by atoms with van der Waals surface area (Å²) < 4.78 is 4.83. The lowest BCUT2D eigenvalue weighted by Crippen LogP contribution is -2.29. The summed E-state index contributed by atoms with van der Waals surface area (Å²) in [4.78, 5) is 16.9. The molecule has 5 nitrogen and oxygen atoms in total. The van der Waals surface area contributed by atoms with E-state index in [0.29, 0.717) is 26.2 Å². The number of rotatable bonds is 4. The number of ether oxygens (including phenoxy) is 1. The Morgan fingerprint density at radius 2 is 2.44 bits per heavy atom. The van der Waals surface area contributed by atoms with E-state index < -0.39 is 0 Å². The first kappa shape index (κ1) is 10.7. The highest BCUT2D eigenvalue weighted by Crippen LogP contribution is 2.07. The van der Waals surface area contributed by atoms with Crippen LogP contribution in [0.3, 0.4) is 0 Å². The van der Waals surface area contributed by atoms with Gasteiger partial charge in [-0.1, -0.05) is 0 Å². The van der Waals surface area contributed by atoms with Crippen molar-refractivity contribution >= 4 is 11.8 Å². The molecule has 16 heavy (non-hydrogen) atoms. The predicted octanol–water partition coefficient (Wildman–Crippen LogP) is 1.25. The van der Waals surface area contributed by atoms with Crippen molar-refractivity contribution in [2.24, 2.45) is 0 Å². The predicted molar refractivity (Wildman–Crippen MR) is 60.4 cm³/mol. The molecule has 0 aromatic carbocycles. The number of nitrogens with zero attached hydrogens (tertiary/aromatic N) is 2. The number of amides is 1. The highest BCUT2D eigenvalue weighted by atomic mass is 16.6.